The molecule has 0 aromatic carbocycles. The summed E-state index contributed by atoms with van der Waals surface area (Å²) in [6.45, 7) is 4.08. The predicted octanol–water partition coefficient (Wildman–Crippen LogP) is 4.38. The van der Waals surface area contributed by atoms with Gasteiger partial charge in [0.15, 0.2) is 0 Å². The van der Waals surface area contributed by atoms with E-state index in [0.717, 1.165) is 11.7 Å². The zero-order valence-corrected chi connectivity index (χ0v) is 10.9. The minimum Gasteiger partial charge on any atom is -0.198 e. The normalized spacial score (nSPS) is 17.9. The molecule has 0 unspecified atom stereocenters. The van der Waals surface area contributed by atoms with Crippen LogP contribution < -0.4 is 0 Å². The van der Waals surface area contributed by atoms with Crippen LogP contribution in [0.15, 0.2) is 0 Å². The van der Waals surface area contributed by atoms with Gasteiger partial charge in [0.05, 0.1) is 11.5 Å². The molecule has 0 aromatic heterocycles. The number of thioether (sulfide) groups is 1. The van der Waals surface area contributed by atoms with Gasteiger partial charge in [-0.3, -0.25) is 0 Å². The summed E-state index contributed by atoms with van der Waals surface area (Å²) in [4.78, 5) is 0. The molecular weight excluding hydrogens is 202 g/mol. The second kappa shape index (κ2) is 6.43. The van der Waals surface area contributed by atoms with Crippen molar-refractivity contribution in [1.82, 2.24) is 0 Å². The third-order valence-corrected chi connectivity index (χ3v) is 4.62. The van der Waals surface area contributed by atoms with Gasteiger partial charge in [0.2, 0.25) is 0 Å². The molecule has 1 fully saturated rings. The molecule has 0 spiro atoms. The van der Waals surface area contributed by atoms with Crippen LogP contribution in [0.25, 0.3) is 0 Å². The molecule has 1 rings (SSSR count). The Labute approximate surface area is 98.6 Å². The summed E-state index contributed by atoms with van der Waals surface area (Å²) >= 11 is 2.16. The molecule has 2 heteroatoms. The molecule has 1 saturated carbocycles. The summed E-state index contributed by atoms with van der Waals surface area (Å²) in [5.41, 5.74) is -0.113. The number of hydrogen-bond donors (Lipinski definition) is 0. The highest BCUT2D eigenvalue weighted by molar-refractivity contribution is 7.99. The van der Waals surface area contributed by atoms with E-state index in [0.29, 0.717) is 0 Å². The van der Waals surface area contributed by atoms with E-state index in [4.69, 9.17) is 5.26 Å². The van der Waals surface area contributed by atoms with Crippen molar-refractivity contribution in [3.05, 3.63) is 0 Å². The molecule has 86 valence electrons. The van der Waals surface area contributed by atoms with Crippen LogP contribution in [0.1, 0.15) is 58.8 Å². The Morgan fingerprint density at radius 2 is 1.93 bits per heavy atom. The standard InChI is InChI=1S/C13H23NS/c1-13(2,11-14)9-5-6-10-15-12-7-3-4-8-12/h12H,3-10H2,1-2H3. The van der Waals surface area contributed by atoms with Crippen molar-refractivity contribution in [2.45, 2.75) is 64.0 Å². The van der Waals surface area contributed by atoms with Crippen LogP contribution in [0.2, 0.25) is 0 Å². The molecule has 0 aliphatic heterocycles. The van der Waals surface area contributed by atoms with Crippen LogP contribution in [-0.2, 0) is 0 Å². The van der Waals surface area contributed by atoms with Crippen molar-refractivity contribution in [2.75, 3.05) is 5.75 Å². The zero-order chi connectivity index (χ0) is 11.1. The Morgan fingerprint density at radius 3 is 2.53 bits per heavy atom. The molecule has 15 heavy (non-hydrogen) atoms. The molecule has 1 aliphatic carbocycles. The highest BCUT2D eigenvalue weighted by atomic mass is 32.2. The van der Waals surface area contributed by atoms with E-state index < -0.39 is 0 Å². The molecule has 1 aliphatic rings. The molecule has 0 amide bonds. The lowest BCUT2D eigenvalue weighted by atomic mass is 9.89. The first kappa shape index (κ1) is 12.9. The van der Waals surface area contributed by atoms with E-state index in [1.165, 1.54) is 44.3 Å². The topological polar surface area (TPSA) is 23.8 Å². The minimum absolute atomic E-state index is 0.113. The minimum atomic E-state index is -0.113. The first-order valence-electron chi connectivity index (χ1n) is 6.17. The van der Waals surface area contributed by atoms with Gasteiger partial charge < -0.3 is 0 Å². The van der Waals surface area contributed by atoms with Crippen molar-refractivity contribution >= 4 is 11.8 Å². The lowest BCUT2D eigenvalue weighted by molar-refractivity contribution is 0.433. The van der Waals surface area contributed by atoms with Crippen LogP contribution in [0.3, 0.4) is 0 Å². The molecule has 0 atom stereocenters. The molecule has 0 saturated heterocycles. The Kier molecular flexibility index (Phi) is 5.53. The molecule has 1 nitrogen and oxygen atoms in total. The van der Waals surface area contributed by atoms with Crippen molar-refractivity contribution < 1.29 is 0 Å². The van der Waals surface area contributed by atoms with E-state index in [2.05, 4.69) is 17.8 Å². The fraction of sp³-hybridized carbons (Fsp3) is 0.923. The monoisotopic (exact) mass is 225 g/mol. The summed E-state index contributed by atoms with van der Waals surface area (Å²) in [7, 11) is 0. The van der Waals surface area contributed by atoms with Gasteiger partial charge in [-0.25, -0.2) is 0 Å². The van der Waals surface area contributed by atoms with Crippen molar-refractivity contribution in [3.8, 4) is 6.07 Å². The van der Waals surface area contributed by atoms with E-state index in [1.807, 2.05) is 13.8 Å². The third kappa shape index (κ3) is 5.47. The predicted molar refractivity (Wildman–Crippen MR) is 68.0 cm³/mol. The summed E-state index contributed by atoms with van der Waals surface area (Å²) in [6.07, 6.45) is 9.31. The highest BCUT2D eigenvalue weighted by Gasteiger charge is 2.17. The van der Waals surface area contributed by atoms with Gasteiger partial charge in [0.25, 0.3) is 0 Å². The summed E-state index contributed by atoms with van der Waals surface area (Å²) in [5.74, 6) is 1.30. The number of rotatable bonds is 6. The van der Waals surface area contributed by atoms with Crippen LogP contribution in [0.5, 0.6) is 0 Å². The van der Waals surface area contributed by atoms with E-state index in [-0.39, 0.29) is 5.41 Å². The summed E-state index contributed by atoms with van der Waals surface area (Å²) in [5, 5.41) is 9.82. The van der Waals surface area contributed by atoms with Crippen LogP contribution in [0.4, 0.5) is 0 Å². The van der Waals surface area contributed by atoms with Crippen molar-refractivity contribution in [2.24, 2.45) is 5.41 Å². The molecule has 0 bridgehead atoms. The maximum atomic E-state index is 8.87. The Hall–Kier alpha value is -0.160. The van der Waals surface area contributed by atoms with Crippen LogP contribution in [-0.4, -0.2) is 11.0 Å². The number of nitrogens with zero attached hydrogens (tertiary/aromatic N) is 1. The lowest BCUT2D eigenvalue weighted by Crippen LogP contribution is -2.07. The van der Waals surface area contributed by atoms with Gasteiger partial charge in [-0.2, -0.15) is 17.0 Å². The SMILES string of the molecule is CC(C)(C#N)CCCCSC1CCCC1. The largest absolute Gasteiger partial charge is 0.198 e. The quantitative estimate of drug-likeness (QED) is 0.626. The summed E-state index contributed by atoms with van der Waals surface area (Å²) < 4.78 is 0. The van der Waals surface area contributed by atoms with E-state index in [9.17, 15) is 0 Å². The highest BCUT2D eigenvalue weighted by Crippen LogP contribution is 2.30. The van der Waals surface area contributed by atoms with Crippen LogP contribution >= 0.6 is 11.8 Å². The van der Waals surface area contributed by atoms with Crippen molar-refractivity contribution in [3.63, 3.8) is 0 Å². The van der Waals surface area contributed by atoms with Gasteiger partial charge in [0.1, 0.15) is 0 Å². The Bertz CT molecular complexity index is 211. The second-order valence-corrected chi connectivity index (χ2v) is 6.64. The fourth-order valence-electron chi connectivity index (χ4n) is 2.03. The van der Waals surface area contributed by atoms with E-state index in [1.54, 1.807) is 0 Å². The number of nitriles is 1. The van der Waals surface area contributed by atoms with Gasteiger partial charge in [0, 0.05) is 5.25 Å². The average molecular weight is 225 g/mol. The molecular formula is C13H23NS. The fourth-order valence-corrected chi connectivity index (χ4v) is 3.40. The third-order valence-electron chi connectivity index (χ3n) is 3.15. The smallest absolute Gasteiger partial charge is 0.0683 e. The maximum Gasteiger partial charge on any atom is 0.0683 e. The van der Waals surface area contributed by atoms with Gasteiger partial charge in [-0.05, 0) is 45.3 Å². The lowest BCUT2D eigenvalue weighted by Gasteiger charge is -2.14. The molecule has 0 N–H and O–H groups in total. The number of unbranched alkanes of at least 4 members (excludes halogenated alkanes) is 1. The second-order valence-electron chi connectivity index (χ2n) is 5.23. The molecule has 0 aromatic rings. The maximum absolute atomic E-state index is 8.87. The van der Waals surface area contributed by atoms with Gasteiger partial charge in [-0.15, -0.1) is 0 Å². The first-order valence-corrected chi connectivity index (χ1v) is 7.22. The average Bonchev–Trinajstić information content (AvgIpc) is 2.70. The summed E-state index contributed by atoms with van der Waals surface area (Å²) in [6, 6.07) is 2.37. The Morgan fingerprint density at radius 1 is 1.27 bits per heavy atom. The Balaban J connectivity index is 1.95. The van der Waals surface area contributed by atoms with Gasteiger partial charge in [-0.1, -0.05) is 19.3 Å². The zero-order valence-electron chi connectivity index (χ0n) is 10.1. The molecule has 0 radical (unpaired) electrons. The van der Waals surface area contributed by atoms with E-state index >= 15 is 0 Å². The molecule has 0 heterocycles. The van der Waals surface area contributed by atoms with Crippen molar-refractivity contribution in [1.29, 1.82) is 5.26 Å². The van der Waals surface area contributed by atoms with Gasteiger partial charge >= 0.3 is 0 Å². The first-order chi connectivity index (χ1) is 7.14. The van der Waals surface area contributed by atoms with Crippen LogP contribution in [0, 0.1) is 16.7 Å². The number of hydrogen-bond acceptors (Lipinski definition) is 2.